The van der Waals surface area contributed by atoms with Crippen LogP contribution in [-0.4, -0.2) is 0 Å². The Bertz CT molecular complexity index is 477. The third-order valence-electron chi connectivity index (χ3n) is 2.35. The van der Waals surface area contributed by atoms with Crippen LogP contribution in [0.15, 0.2) is 42.5 Å². The average molecular weight is 221 g/mol. The molecule has 0 bridgehead atoms. The molecule has 0 nitrogen and oxygen atoms in total. The fourth-order valence-corrected chi connectivity index (χ4v) is 1.78. The van der Waals surface area contributed by atoms with Gasteiger partial charge in [-0.2, -0.15) is 0 Å². The second kappa shape index (κ2) is 4.03. The molecule has 76 valence electrons. The lowest BCUT2D eigenvalue weighted by Gasteiger charge is -2.07. The highest BCUT2D eigenvalue weighted by atomic mass is 35.5. The molecule has 2 rings (SSSR count). The SMILES string of the molecule is Cc1ccc(Cl)c(-c2ccccc2)c1F. The van der Waals surface area contributed by atoms with E-state index in [1.807, 2.05) is 30.3 Å². The summed E-state index contributed by atoms with van der Waals surface area (Å²) in [5.74, 6) is -0.242. The highest BCUT2D eigenvalue weighted by molar-refractivity contribution is 6.33. The van der Waals surface area contributed by atoms with Gasteiger partial charge in [-0.3, -0.25) is 0 Å². The highest BCUT2D eigenvalue weighted by Crippen LogP contribution is 2.31. The molecule has 0 aliphatic carbocycles. The van der Waals surface area contributed by atoms with Gasteiger partial charge in [0.25, 0.3) is 0 Å². The van der Waals surface area contributed by atoms with Crippen LogP contribution in [0, 0.1) is 12.7 Å². The minimum Gasteiger partial charge on any atom is -0.206 e. The van der Waals surface area contributed by atoms with Gasteiger partial charge in [-0.05, 0) is 24.1 Å². The van der Waals surface area contributed by atoms with Crippen LogP contribution < -0.4 is 0 Å². The first-order chi connectivity index (χ1) is 7.20. The molecular formula is C13H10ClF. The van der Waals surface area contributed by atoms with Crippen molar-refractivity contribution in [2.24, 2.45) is 0 Å². The smallest absolute Gasteiger partial charge is 0.135 e. The van der Waals surface area contributed by atoms with Crippen LogP contribution in [-0.2, 0) is 0 Å². The van der Waals surface area contributed by atoms with Crippen LogP contribution >= 0.6 is 11.6 Å². The summed E-state index contributed by atoms with van der Waals surface area (Å²) in [4.78, 5) is 0. The lowest BCUT2D eigenvalue weighted by atomic mass is 10.0. The van der Waals surface area contributed by atoms with Crippen molar-refractivity contribution in [2.75, 3.05) is 0 Å². The lowest BCUT2D eigenvalue weighted by molar-refractivity contribution is 0.622. The van der Waals surface area contributed by atoms with E-state index in [2.05, 4.69) is 0 Å². The van der Waals surface area contributed by atoms with Gasteiger partial charge in [0.1, 0.15) is 5.82 Å². The van der Waals surface area contributed by atoms with E-state index < -0.39 is 0 Å². The van der Waals surface area contributed by atoms with Crippen LogP contribution in [0.2, 0.25) is 5.02 Å². The standard InChI is InChI=1S/C13H10ClF/c1-9-7-8-11(14)12(13(9)15)10-5-3-2-4-6-10/h2-8H,1H3. The number of aryl methyl sites for hydroxylation is 1. The second-order valence-electron chi connectivity index (χ2n) is 3.42. The maximum atomic E-state index is 13.9. The minimum atomic E-state index is -0.242. The van der Waals surface area contributed by atoms with Crippen molar-refractivity contribution in [1.82, 2.24) is 0 Å². The van der Waals surface area contributed by atoms with Gasteiger partial charge in [0.2, 0.25) is 0 Å². The zero-order valence-corrected chi connectivity index (χ0v) is 9.05. The fraction of sp³-hybridized carbons (Fsp3) is 0.0769. The number of hydrogen-bond donors (Lipinski definition) is 0. The predicted molar refractivity (Wildman–Crippen MR) is 61.6 cm³/mol. The Labute approximate surface area is 93.3 Å². The summed E-state index contributed by atoms with van der Waals surface area (Å²) in [5, 5.41) is 0.448. The van der Waals surface area contributed by atoms with Crippen LogP contribution in [0.3, 0.4) is 0 Å². The van der Waals surface area contributed by atoms with Crippen molar-refractivity contribution >= 4 is 11.6 Å². The van der Waals surface area contributed by atoms with E-state index in [-0.39, 0.29) is 5.82 Å². The zero-order valence-electron chi connectivity index (χ0n) is 8.30. The molecule has 0 saturated heterocycles. The van der Waals surface area contributed by atoms with E-state index in [0.29, 0.717) is 16.1 Å². The van der Waals surface area contributed by atoms with Gasteiger partial charge < -0.3 is 0 Å². The normalized spacial score (nSPS) is 10.3. The van der Waals surface area contributed by atoms with E-state index in [9.17, 15) is 4.39 Å². The third-order valence-corrected chi connectivity index (χ3v) is 2.66. The molecule has 0 N–H and O–H groups in total. The zero-order chi connectivity index (χ0) is 10.8. The highest BCUT2D eigenvalue weighted by Gasteiger charge is 2.11. The first-order valence-electron chi connectivity index (χ1n) is 4.70. The van der Waals surface area contributed by atoms with Gasteiger partial charge in [-0.25, -0.2) is 4.39 Å². The number of rotatable bonds is 1. The molecule has 0 radical (unpaired) electrons. The molecular weight excluding hydrogens is 211 g/mol. The van der Waals surface area contributed by atoms with Crippen molar-refractivity contribution in [1.29, 1.82) is 0 Å². The molecule has 15 heavy (non-hydrogen) atoms. The van der Waals surface area contributed by atoms with E-state index in [1.165, 1.54) is 0 Å². The third kappa shape index (κ3) is 1.88. The Hall–Kier alpha value is -1.34. The Morgan fingerprint density at radius 2 is 1.67 bits per heavy atom. The number of benzene rings is 2. The summed E-state index contributed by atoms with van der Waals surface area (Å²) in [6, 6.07) is 12.7. The summed E-state index contributed by atoms with van der Waals surface area (Å²) in [6.45, 7) is 1.73. The van der Waals surface area contributed by atoms with E-state index >= 15 is 0 Å². The van der Waals surface area contributed by atoms with E-state index in [0.717, 1.165) is 5.56 Å². The van der Waals surface area contributed by atoms with Gasteiger partial charge in [-0.1, -0.05) is 48.0 Å². The van der Waals surface area contributed by atoms with Crippen LogP contribution in [0.5, 0.6) is 0 Å². The van der Waals surface area contributed by atoms with Crippen molar-refractivity contribution in [3.05, 3.63) is 58.9 Å². The Kier molecular flexibility index (Phi) is 2.74. The molecule has 0 heterocycles. The molecule has 0 aromatic heterocycles. The molecule has 0 saturated carbocycles. The monoisotopic (exact) mass is 220 g/mol. The molecule has 2 aromatic rings. The summed E-state index contributed by atoms with van der Waals surface area (Å²) in [7, 11) is 0. The molecule has 0 aliphatic rings. The fourth-order valence-electron chi connectivity index (χ4n) is 1.53. The molecule has 0 aliphatic heterocycles. The summed E-state index contributed by atoms with van der Waals surface area (Å²) in [6.07, 6.45) is 0. The first kappa shape index (κ1) is 10.2. The molecule has 0 spiro atoms. The summed E-state index contributed by atoms with van der Waals surface area (Å²) in [5.41, 5.74) is 1.90. The number of hydrogen-bond acceptors (Lipinski definition) is 0. The van der Waals surface area contributed by atoms with Gasteiger partial charge in [0.15, 0.2) is 0 Å². The Morgan fingerprint density at radius 1 is 1.00 bits per heavy atom. The minimum absolute atomic E-state index is 0.242. The molecule has 0 atom stereocenters. The Balaban J connectivity index is 2.68. The first-order valence-corrected chi connectivity index (χ1v) is 5.08. The summed E-state index contributed by atoms with van der Waals surface area (Å²) < 4.78 is 13.9. The summed E-state index contributed by atoms with van der Waals surface area (Å²) >= 11 is 6.00. The molecule has 0 fully saturated rings. The largest absolute Gasteiger partial charge is 0.206 e. The van der Waals surface area contributed by atoms with Crippen molar-refractivity contribution in [2.45, 2.75) is 6.92 Å². The van der Waals surface area contributed by atoms with Crippen LogP contribution in [0.25, 0.3) is 11.1 Å². The van der Waals surface area contributed by atoms with Crippen molar-refractivity contribution < 1.29 is 4.39 Å². The molecule has 2 aromatic carbocycles. The molecule has 0 unspecified atom stereocenters. The maximum Gasteiger partial charge on any atom is 0.135 e. The molecule has 0 amide bonds. The number of halogens is 2. The predicted octanol–water partition coefficient (Wildman–Crippen LogP) is 4.45. The quantitative estimate of drug-likeness (QED) is 0.666. The van der Waals surface area contributed by atoms with E-state index in [4.69, 9.17) is 11.6 Å². The van der Waals surface area contributed by atoms with Gasteiger partial charge in [-0.15, -0.1) is 0 Å². The van der Waals surface area contributed by atoms with Crippen molar-refractivity contribution in [3.8, 4) is 11.1 Å². The van der Waals surface area contributed by atoms with Gasteiger partial charge >= 0.3 is 0 Å². The maximum absolute atomic E-state index is 13.9. The van der Waals surface area contributed by atoms with Gasteiger partial charge in [0.05, 0.1) is 5.02 Å². The van der Waals surface area contributed by atoms with Gasteiger partial charge in [0, 0.05) is 5.56 Å². The topological polar surface area (TPSA) is 0 Å². The van der Waals surface area contributed by atoms with Crippen LogP contribution in [0.1, 0.15) is 5.56 Å². The van der Waals surface area contributed by atoms with Crippen molar-refractivity contribution in [3.63, 3.8) is 0 Å². The Morgan fingerprint density at radius 3 is 2.33 bits per heavy atom. The van der Waals surface area contributed by atoms with E-state index in [1.54, 1.807) is 19.1 Å². The van der Waals surface area contributed by atoms with Crippen LogP contribution in [0.4, 0.5) is 4.39 Å². The second-order valence-corrected chi connectivity index (χ2v) is 3.83. The lowest BCUT2D eigenvalue weighted by Crippen LogP contribution is -1.89. The molecule has 2 heteroatoms. The average Bonchev–Trinajstić information content (AvgIpc) is 2.26.